The number of anilines is 1. The lowest BCUT2D eigenvalue weighted by Crippen LogP contribution is -2.44. The molecule has 0 saturated carbocycles. The molecule has 2 atom stereocenters. The Bertz CT molecular complexity index is 548. The van der Waals surface area contributed by atoms with Crippen LogP contribution in [0, 0.1) is 5.41 Å². The molecule has 1 aromatic rings. The minimum absolute atomic E-state index is 0.0840. The molecule has 1 aliphatic rings. The van der Waals surface area contributed by atoms with Crippen LogP contribution in [0.25, 0.3) is 0 Å². The Kier molecular flexibility index (Phi) is 6.10. The van der Waals surface area contributed by atoms with Crippen LogP contribution in [0.5, 0.6) is 0 Å². The Morgan fingerprint density at radius 3 is 2.58 bits per heavy atom. The van der Waals surface area contributed by atoms with Crippen LogP contribution in [0.15, 0.2) is 24.3 Å². The molecular formula is C19H31N3O2. The van der Waals surface area contributed by atoms with Gasteiger partial charge in [0.25, 0.3) is 0 Å². The van der Waals surface area contributed by atoms with Crippen LogP contribution < -0.4 is 15.5 Å². The molecule has 0 aliphatic carbocycles. The van der Waals surface area contributed by atoms with Gasteiger partial charge in [-0.05, 0) is 42.9 Å². The highest BCUT2D eigenvalue weighted by Crippen LogP contribution is 2.24. The summed E-state index contributed by atoms with van der Waals surface area (Å²) < 4.78 is 0. The average molecular weight is 333 g/mol. The van der Waals surface area contributed by atoms with E-state index in [1.807, 2.05) is 39.8 Å². The number of carbonyl (C=O) groups is 1. The third kappa shape index (κ3) is 5.13. The normalized spacial score (nSPS) is 17.5. The number of benzene rings is 1. The van der Waals surface area contributed by atoms with E-state index in [9.17, 15) is 9.90 Å². The summed E-state index contributed by atoms with van der Waals surface area (Å²) in [6, 6.07) is 8.02. The molecule has 2 amide bonds. The molecule has 1 aromatic carbocycles. The number of urea groups is 1. The number of amides is 2. The van der Waals surface area contributed by atoms with Gasteiger partial charge >= 0.3 is 6.03 Å². The first kappa shape index (κ1) is 18.6. The van der Waals surface area contributed by atoms with Crippen molar-refractivity contribution in [3.8, 4) is 0 Å². The zero-order valence-corrected chi connectivity index (χ0v) is 15.3. The summed E-state index contributed by atoms with van der Waals surface area (Å²) in [5.74, 6) is 0. The summed E-state index contributed by atoms with van der Waals surface area (Å²) in [5, 5.41) is 15.7. The van der Waals surface area contributed by atoms with Gasteiger partial charge in [0, 0.05) is 25.3 Å². The van der Waals surface area contributed by atoms with Gasteiger partial charge in [0.15, 0.2) is 0 Å². The molecule has 3 N–H and O–H groups in total. The van der Waals surface area contributed by atoms with Gasteiger partial charge in [-0.15, -0.1) is 0 Å². The lowest BCUT2D eigenvalue weighted by atomic mass is 9.89. The highest BCUT2D eigenvalue weighted by molar-refractivity contribution is 5.74. The summed E-state index contributed by atoms with van der Waals surface area (Å²) in [7, 11) is 0. The fourth-order valence-corrected chi connectivity index (χ4v) is 2.79. The Hall–Kier alpha value is -1.75. The second-order valence-corrected chi connectivity index (χ2v) is 7.75. The zero-order chi connectivity index (χ0) is 17.7. The summed E-state index contributed by atoms with van der Waals surface area (Å²) in [6.07, 6.45) is 1.92. The van der Waals surface area contributed by atoms with E-state index < -0.39 is 6.10 Å². The predicted molar refractivity (Wildman–Crippen MR) is 98.3 cm³/mol. The van der Waals surface area contributed by atoms with Crippen LogP contribution in [0.2, 0.25) is 0 Å². The zero-order valence-electron chi connectivity index (χ0n) is 15.3. The van der Waals surface area contributed by atoms with Gasteiger partial charge < -0.3 is 20.6 Å². The minimum atomic E-state index is -0.572. The second kappa shape index (κ2) is 7.88. The van der Waals surface area contributed by atoms with Gasteiger partial charge in [-0.2, -0.15) is 0 Å². The summed E-state index contributed by atoms with van der Waals surface area (Å²) in [4.78, 5) is 14.4. The Morgan fingerprint density at radius 2 is 1.96 bits per heavy atom. The molecule has 0 radical (unpaired) electrons. The number of hydrogen-bond acceptors (Lipinski definition) is 3. The molecule has 24 heavy (non-hydrogen) atoms. The molecule has 134 valence electrons. The Labute approximate surface area is 145 Å². The van der Waals surface area contributed by atoms with Gasteiger partial charge in [0.05, 0.1) is 12.1 Å². The van der Waals surface area contributed by atoms with Gasteiger partial charge in [0.2, 0.25) is 0 Å². The lowest BCUT2D eigenvalue weighted by Gasteiger charge is -2.26. The summed E-state index contributed by atoms with van der Waals surface area (Å²) in [5.41, 5.74) is 2.07. The van der Waals surface area contributed by atoms with E-state index in [-0.39, 0.29) is 24.0 Å². The smallest absolute Gasteiger partial charge is 0.315 e. The predicted octanol–water partition coefficient (Wildman–Crippen LogP) is 3.05. The largest absolute Gasteiger partial charge is 0.391 e. The van der Waals surface area contributed by atoms with Crippen molar-refractivity contribution in [2.75, 3.05) is 24.5 Å². The molecule has 5 nitrogen and oxygen atoms in total. The van der Waals surface area contributed by atoms with Gasteiger partial charge in [-0.1, -0.05) is 32.9 Å². The number of aliphatic hydroxyl groups excluding tert-OH is 1. The summed E-state index contributed by atoms with van der Waals surface area (Å²) in [6.45, 7) is 10.3. The molecule has 5 heteroatoms. The maximum atomic E-state index is 12.1. The molecule has 0 aromatic heterocycles. The van der Waals surface area contributed by atoms with Crippen molar-refractivity contribution in [1.82, 2.24) is 10.6 Å². The number of aliphatic hydroxyl groups is 1. The maximum Gasteiger partial charge on any atom is 0.315 e. The summed E-state index contributed by atoms with van der Waals surface area (Å²) >= 11 is 0. The third-order valence-corrected chi connectivity index (χ3v) is 4.64. The highest BCUT2D eigenvalue weighted by Gasteiger charge is 2.22. The number of nitrogens with zero attached hydrogens (tertiary/aromatic N) is 1. The Morgan fingerprint density at radius 1 is 1.29 bits per heavy atom. The fourth-order valence-electron chi connectivity index (χ4n) is 2.79. The monoisotopic (exact) mass is 333 g/mol. The molecule has 0 spiro atoms. The molecule has 2 rings (SSSR count). The topological polar surface area (TPSA) is 64.6 Å². The standard InChI is InChI=1S/C19H31N3O2/c1-14(21-18(24)20-13-17(23)19(2,3)4)15-8-7-9-16(12-15)22-10-5-6-11-22/h7-9,12,14,17,23H,5-6,10-11,13H2,1-4H3,(H2,20,21,24). The van der Waals surface area contributed by atoms with Crippen molar-refractivity contribution in [3.63, 3.8) is 0 Å². The first-order valence-corrected chi connectivity index (χ1v) is 8.84. The highest BCUT2D eigenvalue weighted by atomic mass is 16.3. The van der Waals surface area contributed by atoms with Crippen molar-refractivity contribution in [2.45, 2.75) is 52.7 Å². The van der Waals surface area contributed by atoms with Crippen molar-refractivity contribution in [3.05, 3.63) is 29.8 Å². The van der Waals surface area contributed by atoms with Gasteiger partial charge in [0.1, 0.15) is 0 Å². The first-order valence-electron chi connectivity index (χ1n) is 8.84. The van der Waals surface area contributed by atoms with Crippen molar-refractivity contribution < 1.29 is 9.90 Å². The van der Waals surface area contributed by atoms with Crippen molar-refractivity contribution in [2.24, 2.45) is 5.41 Å². The van der Waals surface area contributed by atoms with E-state index in [2.05, 4.69) is 27.7 Å². The van der Waals surface area contributed by atoms with Crippen LogP contribution >= 0.6 is 0 Å². The fraction of sp³-hybridized carbons (Fsp3) is 0.632. The molecular weight excluding hydrogens is 302 g/mol. The Balaban J connectivity index is 1.88. The van der Waals surface area contributed by atoms with Gasteiger partial charge in [-0.25, -0.2) is 4.79 Å². The van der Waals surface area contributed by atoms with E-state index in [1.165, 1.54) is 18.5 Å². The van der Waals surface area contributed by atoms with Crippen LogP contribution in [0.3, 0.4) is 0 Å². The van der Waals surface area contributed by atoms with E-state index in [4.69, 9.17) is 0 Å². The second-order valence-electron chi connectivity index (χ2n) is 7.75. The van der Waals surface area contributed by atoms with Gasteiger partial charge in [-0.3, -0.25) is 0 Å². The number of carbonyl (C=O) groups excluding carboxylic acids is 1. The van der Waals surface area contributed by atoms with Crippen LogP contribution in [0.4, 0.5) is 10.5 Å². The lowest BCUT2D eigenvalue weighted by molar-refractivity contribution is 0.0649. The molecule has 1 saturated heterocycles. The van der Waals surface area contributed by atoms with Crippen molar-refractivity contribution >= 4 is 11.7 Å². The maximum absolute atomic E-state index is 12.1. The average Bonchev–Trinajstić information content (AvgIpc) is 3.06. The number of nitrogens with one attached hydrogen (secondary N) is 2. The third-order valence-electron chi connectivity index (χ3n) is 4.64. The first-order chi connectivity index (χ1) is 11.3. The van der Waals surface area contributed by atoms with E-state index in [0.717, 1.165) is 18.7 Å². The number of rotatable bonds is 5. The van der Waals surface area contributed by atoms with Crippen LogP contribution in [-0.2, 0) is 0 Å². The molecule has 0 bridgehead atoms. The van der Waals surface area contributed by atoms with Crippen molar-refractivity contribution in [1.29, 1.82) is 0 Å². The number of hydrogen-bond donors (Lipinski definition) is 3. The molecule has 1 heterocycles. The quantitative estimate of drug-likeness (QED) is 0.776. The molecule has 1 fully saturated rings. The van der Waals surface area contributed by atoms with E-state index in [1.54, 1.807) is 0 Å². The molecule has 1 aliphatic heterocycles. The van der Waals surface area contributed by atoms with E-state index in [0.29, 0.717) is 0 Å². The van der Waals surface area contributed by atoms with Crippen LogP contribution in [0.1, 0.15) is 52.1 Å². The molecule has 2 unspecified atom stereocenters. The SMILES string of the molecule is CC(NC(=O)NCC(O)C(C)(C)C)c1cccc(N2CCCC2)c1. The van der Waals surface area contributed by atoms with Crippen LogP contribution in [-0.4, -0.2) is 36.9 Å². The van der Waals surface area contributed by atoms with E-state index >= 15 is 0 Å². The minimum Gasteiger partial charge on any atom is -0.391 e.